The molecule has 1 aliphatic heterocycles. The minimum atomic E-state index is 0.524. The van der Waals surface area contributed by atoms with E-state index in [-0.39, 0.29) is 0 Å². The first-order chi connectivity index (χ1) is 9.78. The van der Waals surface area contributed by atoms with Crippen molar-refractivity contribution in [2.75, 3.05) is 26.2 Å². The number of hydrogen-bond acceptors (Lipinski definition) is 3. The predicted octanol–water partition coefficient (Wildman–Crippen LogP) is 2.80. The van der Waals surface area contributed by atoms with Gasteiger partial charge in [0.1, 0.15) is 0 Å². The lowest BCUT2D eigenvalue weighted by molar-refractivity contribution is -0.175. The lowest BCUT2D eigenvalue weighted by Crippen LogP contribution is -2.68. The van der Waals surface area contributed by atoms with Crippen molar-refractivity contribution < 1.29 is 4.74 Å². The fourth-order valence-corrected chi connectivity index (χ4v) is 4.60. The van der Waals surface area contributed by atoms with Crippen LogP contribution in [0.4, 0.5) is 0 Å². The van der Waals surface area contributed by atoms with E-state index in [1.165, 1.54) is 64.6 Å². The van der Waals surface area contributed by atoms with Crippen molar-refractivity contribution in [3.8, 4) is 0 Å². The van der Waals surface area contributed by atoms with Crippen molar-refractivity contribution in [2.24, 2.45) is 5.41 Å². The Morgan fingerprint density at radius 1 is 1.20 bits per heavy atom. The van der Waals surface area contributed by atoms with Gasteiger partial charge >= 0.3 is 0 Å². The molecule has 3 fully saturated rings. The van der Waals surface area contributed by atoms with E-state index >= 15 is 0 Å². The van der Waals surface area contributed by atoms with Crippen molar-refractivity contribution in [1.29, 1.82) is 0 Å². The number of piperidine rings is 1. The van der Waals surface area contributed by atoms with E-state index in [2.05, 4.69) is 24.1 Å². The highest BCUT2D eigenvalue weighted by Crippen LogP contribution is 2.57. The highest BCUT2D eigenvalue weighted by Gasteiger charge is 2.58. The average Bonchev–Trinajstić information content (AvgIpc) is 2.38. The Bertz CT molecular complexity index is 308. The molecule has 116 valence electrons. The molecule has 20 heavy (non-hydrogen) atoms. The first-order valence-electron chi connectivity index (χ1n) is 8.88. The second kappa shape index (κ2) is 6.33. The molecule has 3 rings (SSSR count). The van der Waals surface area contributed by atoms with Crippen LogP contribution in [0.1, 0.15) is 58.8 Å². The summed E-state index contributed by atoms with van der Waals surface area (Å²) in [6, 6.07) is 1.50. The van der Waals surface area contributed by atoms with Gasteiger partial charge in [-0.15, -0.1) is 0 Å². The Balaban J connectivity index is 1.45. The molecule has 2 aliphatic carbocycles. The normalized spacial score (nSPS) is 33.9. The molecule has 0 amide bonds. The summed E-state index contributed by atoms with van der Waals surface area (Å²) in [6.45, 7) is 9.17. The number of nitrogens with one attached hydrogen (secondary N) is 1. The van der Waals surface area contributed by atoms with Gasteiger partial charge in [0.05, 0.1) is 6.10 Å². The number of likely N-dealkylation sites (tertiary alicyclic amines) is 1. The Morgan fingerprint density at radius 2 is 1.95 bits per heavy atom. The lowest BCUT2D eigenvalue weighted by Gasteiger charge is -2.62. The smallest absolute Gasteiger partial charge is 0.0661 e. The van der Waals surface area contributed by atoms with Crippen LogP contribution in [0.3, 0.4) is 0 Å². The van der Waals surface area contributed by atoms with Crippen LogP contribution in [0.15, 0.2) is 0 Å². The van der Waals surface area contributed by atoms with Gasteiger partial charge in [0, 0.05) is 24.1 Å². The molecule has 1 N–H and O–H groups in total. The second-order valence-electron chi connectivity index (χ2n) is 7.10. The van der Waals surface area contributed by atoms with Gasteiger partial charge in [-0.05, 0) is 65.1 Å². The molecule has 2 saturated carbocycles. The van der Waals surface area contributed by atoms with Gasteiger partial charge in [0.25, 0.3) is 0 Å². The van der Waals surface area contributed by atoms with E-state index in [0.717, 1.165) is 18.7 Å². The van der Waals surface area contributed by atoms with Crippen LogP contribution in [-0.4, -0.2) is 49.3 Å². The van der Waals surface area contributed by atoms with E-state index in [0.29, 0.717) is 11.5 Å². The summed E-state index contributed by atoms with van der Waals surface area (Å²) in [7, 11) is 0. The van der Waals surface area contributed by atoms with Gasteiger partial charge in [-0.2, -0.15) is 0 Å². The Hall–Kier alpha value is -0.120. The number of nitrogens with zero attached hydrogens (tertiary/aromatic N) is 1. The highest BCUT2D eigenvalue weighted by molar-refractivity contribution is 5.12. The van der Waals surface area contributed by atoms with Gasteiger partial charge in [-0.3, -0.25) is 0 Å². The summed E-state index contributed by atoms with van der Waals surface area (Å²) in [6.07, 6.45) is 9.98. The van der Waals surface area contributed by atoms with Crippen molar-refractivity contribution in [2.45, 2.75) is 77.0 Å². The highest BCUT2D eigenvalue weighted by atomic mass is 16.5. The fraction of sp³-hybridized carbons (Fsp3) is 1.00. The summed E-state index contributed by atoms with van der Waals surface area (Å²) in [5, 5.41) is 3.99. The molecule has 3 heteroatoms. The van der Waals surface area contributed by atoms with Crippen LogP contribution >= 0.6 is 0 Å². The molecule has 3 aliphatic rings. The van der Waals surface area contributed by atoms with E-state index in [4.69, 9.17) is 4.74 Å². The SMILES string of the molecule is CCCN1CCC(N[C@@H]2C[C@H](OCC)C23CCC3)CC1. The van der Waals surface area contributed by atoms with Crippen molar-refractivity contribution in [3.63, 3.8) is 0 Å². The van der Waals surface area contributed by atoms with Crippen LogP contribution in [0.2, 0.25) is 0 Å². The topological polar surface area (TPSA) is 24.5 Å². The van der Waals surface area contributed by atoms with Crippen LogP contribution < -0.4 is 5.32 Å². The largest absolute Gasteiger partial charge is 0.378 e. The third-order valence-corrected chi connectivity index (χ3v) is 6.00. The summed E-state index contributed by atoms with van der Waals surface area (Å²) >= 11 is 0. The van der Waals surface area contributed by atoms with Crippen molar-refractivity contribution in [3.05, 3.63) is 0 Å². The van der Waals surface area contributed by atoms with Gasteiger partial charge < -0.3 is 15.0 Å². The van der Waals surface area contributed by atoms with Gasteiger partial charge in [0.2, 0.25) is 0 Å². The minimum absolute atomic E-state index is 0.524. The predicted molar refractivity (Wildman–Crippen MR) is 83.0 cm³/mol. The second-order valence-corrected chi connectivity index (χ2v) is 7.10. The minimum Gasteiger partial charge on any atom is -0.378 e. The molecule has 0 radical (unpaired) electrons. The standard InChI is InChI=1S/C17H32N2O/c1-3-10-19-11-6-14(7-12-19)18-15-13-16(20-4-2)17(15)8-5-9-17/h14-16,18H,3-13H2,1-2H3/t15-,16+/m1/s1. The Labute approximate surface area is 124 Å². The number of ether oxygens (including phenoxy) is 1. The molecule has 0 bridgehead atoms. The molecule has 3 nitrogen and oxygen atoms in total. The summed E-state index contributed by atoms with van der Waals surface area (Å²) < 4.78 is 5.96. The summed E-state index contributed by atoms with van der Waals surface area (Å²) in [5.41, 5.74) is 0.524. The third kappa shape index (κ3) is 2.65. The van der Waals surface area contributed by atoms with Gasteiger partial charge in [0.15, 0.2) is 0 Å². The summed E-state index contributed by atoms with van der Waals surface area (Å²) in [4.78, 5) is 2.63. The maximum Gasteiger partial charge on any atom is 0.0661 e. The fourth-order valence-electron chi connectivity index (χ4n) is 4.60. The molecule has 1 heterocycles. The van der Waals surface area contributed by atoms with Crippen molar-refractivity contribution in [1.82, 2.24) is 10.2 Å². The first kappa shape index (κ1) is 14.8. The van der Waals surface area contributed by atoms with E-state index in [9.17, 15) is 0 Å². The maximum atomic E-state index is 5.96. The molecular formula is C17H32N2O. The Kier molecular flexibility index (Phi) is 4.68. The average molecular weight is 280 g/mol. The monoisotopic (exact) mass is 280 g/mol. The molecule has 0 aromatic heterocycles. The molecular weight excluding hydrogens is 248 g/mol. The lowest BCUT2D eigenvalue weighted by atomic mass is 9.51. The maximum absolute atomic E-state index is 5.96. The Morgan fingerprint density at radius 3 is 2.50 bits per heavy atom. The van der Waals surface area contributed by atoms with E-state index in [1.54, 1.807) is 0 Å². The van der Waals surface area contributed by atoms with Crippen LogP contribution in [0, 0.1) is 5.41 Å². The quantitative estimate of drug-likeness (QED) is 0.810. The summed E-state index contributed by atoms with van der Waals surface area (Å²) in [5.74, 6) is 0. The van der Waals surface area contributed by atoms with Gasteiger partial charge in [-0.1, -0.05) is 13.3 Å². The van der Waals surface area contributed by atoms with E-state index < -0.39 is 0 Å². The zero-order valence-corrected chi connectivity index (χ0v) is 13.4. The van der Waals surface area contributed by atoms with E-state index in [1.807, 2.05) is 0 Å². The zero-order chi connectivity index (χ0) is 14.0. The molecule has 2 atom stereocenters. The molecule has 0 unspecified atom stereocenters. The van der Waals surface area contributed by atoms with Crippen LogP contribution in [-0.2, 0) is 4.74 Å². The van der Waals surface area contributed by atoms with Crippen LogP contribution in [0.5, 0.6) is 0 Å². The van der Waals surface area contributed by atoms with Crippen LogP contribution in [0.25, 0.3) is 0 Å². The zero-order valence-electron chi connectivity index (χ0n) is 13.4. The molecule has 1 spiro atoms. The first-order valence-corrected chi connectivity index (χ1v) is 8.88. The number of rotatable bonds is 6. The number of hydrogen-bond donors (Lipinski definition) is 1. The molecule has 0 aromatic carbocycles. The third-order valence-electron chi connectivity index (χ3n) is 6.00. The van der Waals surface area contributed by atoms with Crippen molar-refractivity contribution >= 4 is 0 Å². The van der Waals surface area contributed by atoms with Gasteiger partial charge in [-0.25, -0.2) is 0 Å². The molecule has 0 aromatic rings. The molecule has 1 saturated heterocycles.